The summed E-state index contributed by atoms with van der Waals surface area (Å²) in [4.78, 5) is 29.3. The maximum Gasteiger partial charge on any atom is 0.303 e. The number of carbonyl (C=O) groups is 2. The average molecular weight is 359 g/mol. The zero-order valence-electron chi connectivity index (χ0n) is 15.2. The maximum absolute atomic E-state index is 12.6. The van der Waals surface area contributed by atoms with Crippen molar-refractivity contribution in [2.45, 2.75) is 52.0 Å². The Morgan fingerprint density at radius 1 is 1.19 bits per heavy atom. The molecule has 0 aliphatic carbocycles. The number of hydrogen-bond acceptors (Lipinski definition) is 5. The molecular formula is C19H25N3O4. The summed E-state index contributed by atoms with van der Waals surface area (Å²) in [5, 5.41) is 12.7. The quantitative estimate of drug-likeness (QED) is 0.700. The average Bonchev–Trinajstić information content (AvgIpc) is 3.09. The Kier molecular flexibility index (Phi) is 7.32. The molecule has 0 bridgehead atoms. The molecule has 7 heteroatoms. The summed E-state index contributed by atoms with van der Waals surface area (Å²) in [5.74, 6) is 0.351. The van der Waals surface area contributed by atoms with Gasteiger partial charge in [0.2, 0.25) is 11.8 Å². The van der Waals surface area contributed by atoms with E-state index in [1.165, 1.54) is 0 Å². The van der Waals surface area contributed by atoms with E-state index in [1.54, 1.807) is 4.90 Å². The molecule has 0 atom stereocenters. The van der Waals surface area contributed by atoms with Crippen molar-refractivity contribution in [1.82, 2.24) is 15.0 Å². The van der Waals surface area contributed by atoms with Crippen LogP contribution < -0.4 is 0 Å². The van der Waals surface area contributed by atoms with Crippen molar-refractivity contribution in [1.29, 1.82) is 0 Å². The lowest BCUT2D eigenvalue weighted by Crippen LogP contribution is -2.32. The van der Waals surface area contributed by atoms with Gasteiger partial charge in [-0.2, -0.15) is 4.98 Å². The lowest BCUT2D eigenvalue weighted by Gasteiger charge is -2.22. The third-order valence-electron chi connectivity index (χ3n) is 3.94. The summed E-state index contributed by atoms with van der Waals surface area (Å²) < 4.78 is 5.18. The second kappa shape index (κ2) is 9.70. The Labute approximate surface area is 153 Å². The predicted octanol–water partition coefficient (Wildman–Crippen LogP) is 3.02. The molecule has 0 unspecified atom stereocenters. The van der Waals surface area contributed by atoms with Gasteiger partial charge in [0.1, 0.15) is 0 Å². The van der Waals surface area contributed by atoms with Crippen LogP contribution in [0.3, 0.4) is 0 Å². The molecule has 0 spiro atoms. The van der Waals surface area contributed by atoms with Gasteiger partial charge in [0.15, 0.2) is 5.82 Å². The van der Waals surface area contributed by atoms with E-state index in [2.05, 4.69) is 10.1 Å². The molecule has 1 aromatic carbocycles. The standard InChI is InChI=1S/C19H25N3O4/c1-14(2)19-20-16(26-21-19)10-11-17(23)22(12-6-9-18(24)25)13-15-7-4-3-5-8-15/h3-5,7-8,14H,6,9-13H2,1-2H3,(H,24,25). The van der Waals surface area contributed by atoms with Gasteiger partial charge in [-0.1, -0.05) is 49.3 Å². The summed E-state index contributed by atoms with van der Waals surface area (Å²) in [5.41, 5.74) is 1.01. The fraction of sp³-hybridized carbons (Fsp3) is 0.474. The number of carboxylic acids is 1. The first-order valence-corrected chi connectivity index (χ1v) is 8.81. The van der Waals surface area contributed by atoms with Crippen molar-refractivity contribution < 1.29 is 19.2 Å². The highest BCUT2D eigenvalue weighted by atomic mass is 16.5. The molecule has 0 radical (unpaired) electrons. The van der Waals surface area contributed by atoms with E-state index in [9.17, 15) is 9.59 Å². The molecular weight excluding hydrogens is 334 g/mol. The summed E-state index contributed by atoms with van der Waals surface area (Å²) in [6.45, 7) is 4.81. The molecule has 0 fully saturated rings. The van der Waals surface area contributed by atoms with Gasteiger partial charge in [-0.15, -0.1) is 0 Å². The highest BCUT2D eigenvalue weighted by molar-refractivity contribution is 5.76. The second-order valence-corrected chi connectivity index (χ2v) is 6.50. The largest absolute Gasteiger partial charge is 0.481 e. The molecule has 0 saturated carbocycles. The van der Waals surface area contributed by atoms with Crippen molar-refractivity contribution in [3.05, 3.63) is 47.6 Å². The number of nitrogens with zero attached hydrogens (tertiary/aromatic N) is 3. The lowest BCUT2D eigenvalue weighted by molar-refractivity contribution is -0.138. The first kappa shape index (κ1) is 19.6. The Hall–Kier alpha value is -2.70. The van der Waals surface area contributed by atoms with Gasteiger partial charge < -0.3 is 14.5 Å². The normalized spacial score (nSPS) is 10.9. The van der Waals surface area contributed by atoms with E-state index < -0.39 is 5.97 Å². The fourth-order valence-electron chi connectivity index (χ4n) is 2.49. The van der Waals surface area contributed by atoms with Crippen LogP contribution in [0.5, 0.6) is 0 Å². The number of aromatic nitrogens is 2. The molecule has 0 saturated heterocycles. The molecule has 0 aliphatic rings. The van der Waals surface area contributed by atoms with Gasteiger partial charge in [-0.05, 0) is 12.0 Å². The van der Waals surface area contributed by atoms with Gasteiger partial charge >= 0.3 is 5.97 Å². The van der Waals surface area contributed by atoms with Crippen LogP contribution in [0.2, 0.25) is 0 Å². The molecule has 1 heterocycles. The molecule has 1 amide bonds. The molecule has 2 rings (SSSR count). The van der Waals surface area contributed by atoms with E-state index in [0.717, 1.165) is 5.56 Å². The molecule has 0 aliphatic heterocycles. The third-order valence-corrected chi connectivity index (χ3v) is 3.94. The summed E-state index contributed by atoms with van der Waals surface area (Å²) >= 11 is 0. The van der Waals surface area contributed by atoms with Gasteiger partial charge in [0.25, 0.3) is 0 Å². The Morgan fingerprint density at radius 2 is 1.92 bits per heavy atom. The molecule has 2 aromatic rings. The summed E-state index contributed by atoms with van der Waals surface area (Å²) in [6, 6.07) is 9.65. The van der Waals surface area contributed by atoms with Gasteiger partial charge in [0, 0.05) is 38.3 Å². The van der Waals surface area contributed by atoms with Crippen LogP contribution in [0.4, 0.5) is 0 Å². The smallest absolute Gasteiger partial charge is 0.303 e. The van der Waals surface area contributed by atoms with Gasteiger partial charge in [-0.3, -0.25) is 9.59 Å². The zero-order chi connectivity index (χ0) is 18.9. The van der Waals surface area contributed by atoms with Crippen LogP contribution in [0.25, 0.3) is 0 Å². The first-order valence-electron chi connectivity index (χ1n) is 8.81. The van der Waals surface area contributed by atoms with E-state index >= 15 is 0 Å². The number of amides is 1. The number of benzene rings is 1. The van der Waals surface area contributed by atoms with Crippen LogP contribution in [0, 0.1) is 0 Å². The fourth-order valence-corrected chi connectivity index (χ4v) is 2.49. The van der Waals surface area contributed by atoms with Crippen molar-refractivity contribution in [3.8, 4) is 0 Å². The van der Waals surface area contributed by atoms with E-state index in [4.69, 9.17) is 9.63 Å². The van der Waals surface area contributed by atoms with Gasteiger partial charge in [0.05, 0.1) is 0 Å². The van der Waals surface area contributed by atoms with E-state index in [1.807, 2.05) is 44.2 Å². The van der Waals surface area contributed by atoms with Crippen LogP contribution in [0.1, 0.15) is 56.3 Å². The molecule has 1 aromatic heterocycles. The number of aliphatic carboxylic acids is 1. The highest BCUT2D eigenvalue weighted by Gasteiger charge is 2.17. The SMILES string of the molecule is CC(C)c1noc(CCC(=O)N(CCCC(=O)O)Cc2ccccc2)n1. The number of carboxylic acid groups (broad SMARTS) is 1. The van der Waals surface area contributed by atoms with Crippen molar-refractivity contribution in [2.24, 2.45) is 0 Å². The van der Waals surface area contributed by atoms with E-state index in [-0.39, 0.29) is 24.7 Å². The Morgan fingerprint density at radius 3 is 2.54 bits per heavy atom. The van der Waals surface area contributed by atoms with Crippen molar-refractivity contribution >= 4 is 11.9 Å². The minimum atomic E-state index is -0.857. The Balaban J connectivity index is 1.95. The topological polar surface area (TPSA) is 96.5 Å². The highest BCUT2D eigenvalue weighted by Crippen LogP contribution is 2.13. The number of aryl methyl sites for hydroxylation is 1. The predicted molar refractivity (Wildman–Crippen MR) is 95.4 cm³/mol. The molecule has 7 nitrogen and oxygen atoms in total. The number of hydrogen-bond donors (Lipinski definition) is 1. The zero-order valence-corrected chi connectivity index (χ0v) is 15.2. The lowest BCUT2D eigenvalue weighted by atomic mass is 10.1. The van der Waals surface area contributed by atoms with Crippen molar-refractivity contribution in [3.63, 3.8) is 0 Å². The van der Waals surface area contributed by atoms with Gasteiger partial charge in [-0.25, -0.2) is 0 Å². The minimum Gasteiger partial charge on any atom is -0.481 e. The van der Waals surface area contributed by atoms with Crippen LogP contribution in [0.15, 0.2) is 34.9 Å². The monoisotopic (exact) mass is 359 g/mol. The molecule has 1 N–H and O–H groups in total. The number of rotatable bonds is 10. The minimum absolute atomic E-state index is 0.0416. The summed E-state index contributed by atoms with van der Waals surface area (Å²) in [7, 11) is 0. The van der Waals surface area contributed by atoms with Crippen LogP contribution in [-0.2, 0) is 22.6 Å². The maximum atomic E-state index is 12.6. The Bertz CT molecular complexity index is 713. The van der Waals surface area contributed by atoms with Crippen LogP contribution in [-0.4, -0.2) is 38.6 Å². The summed E-state index contributed by atoms with van der Waals surface area (Å²) in [6.07, 6.45) is 1.09. The second-order valence-electron chi connectivity index (χ2n) is 6.50. The van der Waals surface area contributed by atoms with E-state index in [0.29, 0.717) is 37.6 Å². The van der Waals surface area contributed by atoms with Crippen LogP contribution >= 0.6 is 0 Å². The third kappa shape index (κ3) is 6.31. The molecule has 140 valence electrons. The van der Waals surface area contributed by atoms with Crippen molar-refractivity contribution in [2.75, 3.05) is 6.54 Å². The molecule has 26 heavy (non-hydrogen) atoms. The first-order chi connectivity index (χ1) is 12.5. The number of carbonyl (C=O) groups excluding carboxylic acids is 1.